The summed E-state index contributed by atoms with van der Waals surface area (Å²) in [6.45, 7) is 3.55. The summed E-state index contributed by atoms with van der Waals surface area (Å²) in [6, 6.07) is 0. The van der Waals surface area contributed by atoms with Crippen molar-refractivity contribution in [2.24, 2.45) is 5.11 Å². The number of azide groups is 1. The predicted octanol–water partition coefficient (Wildman–Crippen LogP) is 1.03. The molecule has 0 aromatic carbocycles. The summed E-state index contributed by atoms with van der Waals surface area (Å²) in [6.07, 6.45) is -1.08. The van der Waals surface area contributed by atoms with E-state index in [1.807, 2.05) is 0 Å². The van der Waals surface area contributed by atoms with E-state index >= 15 is 0 Å². The zero-order valence-corrected chi connectivity index (χ0v) is 13.9. The number of hydrogen-bond acceptors (Lipinski definition) is 6. The molecule has 23 heavy (non-hydrogen) atoms. The summed E-state index contributed by atoms with van der Waals surface area (Å²) in [5, 5.41) is 3.51. The van der Waals surface area contributed by atoms with Crippen molar-refractivity contribution < 1.29 is 14.2 Å². The molecule has 1 aromatic rings. The molecule has 11 heteroatoms. The molecule has 2 fully saturated rings. The van der Waals surface area contributed by atoms with Crippen LogP contribution in [-0.2, 0) is 14.2 Å². The maximum absolute atomic E-state index is 12.1. The third-order valence-electron chi connectivity index (χ3n) is 3.65. The van der Waals surface area contributed by atoms with Crippen molar-refractivity contribution in [1.29, 1.82) is 0 Å². The highest BCUT2D eigenvalue weighted by Crippen LogP contribution is 2.42. The van der Waals surface area contributed by atoms with E-state index in [2.05, 4.69) is 30.9 Å². The van der Waals surface area contributed by atoms with E-state index < -0.39 is 41.6 Å². The molecular formula is C12H14BrN5O5. The first-order valence-corrected chi connectivity index (χ1v) is 7.64. The Morgan fingerprint density at radius 3 is 2.83 bits per heavy atom. The molecule has 0 spiro atoms. The summed E-state index contributed by atoms with van der Waals surface area (Å²) < 4.78 is 18.8. The molecule has 0 amide bonds. The van der Waals surface area contributed by atoms with E-state index in [4.69, 9.17) is 19.7 Å². The summed E-state index contributed by atoms with van der Waals surface area (Å²) >= 11 is 3.08. The molecule has 4 unspecified atom stereocenters. The molecule has 2 aliphatic heterocycles. The van der Waals surface area contributed by atoms with Crippen LogP contribution in [0.2, 0.25) is 0 Å². The van der Waals surface area contributed by atoms with Crippen LogP contribution in [0, 0.1) is 0 Å². The van der Waals surface area contributed by atoms with Crippen molar-refractivity contribution in [3.05, 3.63) is 42.0 Å². The number of nitrogens with one attached hydrogen (secondary N) is 1. The van der Waals surface area contributed by atoms with Gasteiger partial charge in [-0.2, -0.15) is 0 Å². The third-order valence-corrected chi connectivity index (χ3v) is 4.21. The largest absolute Gasteiger partial charge is 0.349 e. The Morgan fingerprint density at radius 2 is 2.13 bits per heavy atom. The van der Waals surface area contributed by atoms with Gasteiger partial charge in [0, 0.05) is 11.1 Å². The van der Waals surface area contributed by atoms with Crippen LogP contribution >= 0.6 is 15.9 Å². The first-order valence-electron chi connectivity index (χ1n) is 6.85. The first kappa shape index (κ1) is 16.2. The van der Waals surface area contributed by atoms with Crippen molar-refractivity contribution >= 4 is 15.9 Å². The summed E-state index contributed by atoms with van der Waals surface area (Å²) in [7, 11) is 0. The fraction of sp³-hybridized carbons (Fsp3) is 0.667. The molecule has 3 heterocycles. The Bertz CT molecular complexity index is 783. The van der Waals surface area contributed by atoms with Crippen LogP contribution in [0.15, 0.2) is 25.4 Å². The van der Waals surface area contributed by atoms with Gasteiger partial charge >= 0.3 is 5.69 Å². The second-order valence-corrected chi connectivity index (χ2v) is 6.54. The van der Waals surface area contributed by atoms with Crippen LogP contribution in [0.25, 0.3) is 10.4 Å². The average molecular weight is 388 g/mol. The first-order chi connectivity index (χ1) is 10.8. The molecule has 0 saturated carbocycles. The molecule has 2 saturated heterocycles. The monoisotopic (exact) mass is 387 g/mol. The normalized spacial score (nSPS) is 31.6. The van der Waals surface area contributed by atoms with Crippen molar-refractivity contribution in [2.75, 3.05) is 6.54 Å². The summed E-state index contributed by atoms with van der Waals surface area (Å²) in [5.74, 6) is -0.852. The van der Waals surface area contributed by atoms with Gasteiger partial charge in [-0.15, -0.1) is 0 Å². The van der Waals surface area contributed by atoms with E-state index in [0.29, 0.717) is 0 Å². The second-order valence-electron chi connectivity index (χ2n) is 5.69. The molecule has 4 atom stereocenters. The molecule has 10 nitrogen and oxygen atoms in total. The van der Waals surface area contributed by atoms with Gasteiger partial charge in [0.25, 0.3) is 5.56 Å². The van der Waals surface area contributed by atoms with Crippen LogP contribution in [0.4, 0.5) is 0 Å². The zero-order chi connectivity index (χ0) is 16.8. The smallest absolute Gasteiger partial charge is 0.330 e. The van der Waals surface area contributed by atoms with Gasteiger partial charge in [0.05, 0.1) is 17.1 Å². The van der Waals surface area contributed by atoms with Gasteiger partial charge in [0.1, 0.15) is 12.2 Å². The lowest BCUT2D eigenvalue weighted by molar-refractivity contribution is -0.196. The Labute approximate surface area is 138 Å². The van der Waals surface area contributed by atoms with Gasteiger partial charge in [-0.25, -0.2) is 4.79 Å². The lowest BCUT2D eigenvalue weighted by Crippen LogP contribution is -2.37. The second kappa shape index (κ2) is 5.77. The lowest BCUT2D eigenvalue weighted by atomic mass is 10.1. The minimum atomic E-state index is -0.852. The van der Waals surface area contributed by atoms with Crippen molar-refractivity contribution in [2.45, 2.75) is 44.2 Å². The molecule has 1 aromatic heterocycles. The van der Waals surface area contributed by atoms with E-state index in [1.165, 1.54) is 10.8 Å². The fourth-order valence-electron chi connectivity index (χ4n) is 2.80. The number of H-pyrrole nitrogens is 1. The van der Waals surface area contributed by atoms with Gasteiger partial charge in [-0.3, -0.25) is 14.3 Å². The Morgan fingerprint density at radius 1 is 1.43 bits per heavy atom. The standard InChI is InChI=1S/C12H14BrN5O5/c1-12(2)22-7-6(3-15-17-14)21-10(8(7)23-12)18-4-5(13)9(19)16-11(18)20/h4,6-8,10H,3H2,1-2H3,(H,16,19,20). The Hall–Kier alpha value is -1.65. The third kappa shape index (κ3) is 2.93. The maximum Gasteiger partial charge on any atom is 0.330 e. The van der Waals surface area contributed by atoms with Gasteiger partial charge in [-0.05, 0) is 35.3 Å². The Kier molecular flexibility index (Phi) is 4.07. The summed E-state index contributed by atoms with van der Waals surface area (Å²) in [4.78, 5) is 28.5. The molecule has 0 bridgehead atoms. The number of aromatic amines is 1. The number of halogens is 1. The summed E-state index contributed by atoms with van der Waals surface area (Å²) in [5.41, 5.74) is 7.34. The molecule has 3 rings (SSSR count). The van der Waals surface area contributed by atoms with Crippen LogP contribution < -0.4 is 11.2 Å². The fourth-order valence-corrected chi connectivity index (χ4v) is 3.12. The molecule has 0 radical (unpaired) electrons. The minimum Gasteiger partial charge on any atom is -0.349 e. The Balaban J connectivity index is 1.99. The van der Waals surface area contributed by atoms with Crippen molar-refractivity contribution in [3.8, 4) is 0 Å². The van der Waals surface area contributed by atoms with E-state index in [-0.39, 0.29) is 11.0 Å². The molecular weight excluding hydrogens is 374 g/mol. The van der Waals surface area contributed by atoms with Gasteiger partial charge in [0.15, 0.2) is 12.0 Å². The number of rotatable bonds is 3. The van der Waals surface area contributed by atoms with Gasteiger partial charge < -0.3 is 14.2 Å². The quantitative estimate of drug-likeness (QED) is 0.469. The lowest BCUT2D eigenvalue weighted by Gasteiger charge is -2.24. The van der Waals surface area contributed by atoms with Crippen LogP contribution in [0.1, 0.15) is 20.1 Å². The number of nitrogens with zero attached hydrogens (tertiary/aromatic N) is 4. The maximum atomic E-state index is 12.1. The highest BCUT2D eigenvalue weighted by atomic mass is 79.9. The van der Waals surface area contributed by atoms with Gasteiger partial charge in [0.2, 0.25) is 0 Å². The van der Waals surface area contributed by atoms with E-state index in [9.17, 15) is 9.59 Å². The van der Waals surface area contributed by atoms with Crippen LogP contribution in [0.5, 0.6) is 0 Å². The van der Waals surface area contributed by atoms with Crippen molar-refractivity contribution in [3.63, 3.8) is 0 Å². The van der Waals surface area contributed by atoms with Crippen LogP contribution in [0.3, 0.4) is 0 Å². The number of aromatic nitrogens is 2. The number of hydrogen-bond donors (Lipinski definition) is 1. The predicted molar refractivity (Wildman–Crippen MR) is 80.8 cm³/mol. The molecule has 0 aliphatic carbocycles. The average Bonchev–Trinajstić information content (AvgIpc) is 2.94. The highest BCUT2D eigenvalue weighted by Gasteiger charge is 2.55. The van der Waals surface area contributed by atoms with E-state index in [0.717, 1.165) is 0 Å². The molecule has 2 aliphatic rings. The molecule has 124 valence electrons. The SMILES string of the molecule is CC1(C)OC2C(CN=[N+]=[N-])OC(n3cc(Br)c(=O)[nH]c3=O)C2O1. The zero-order valence-electron chi connectivity index (χ0n) is 12.3. The molecule has 1 N–H and O–H groups in total. The van der Waals surface area contributed by atoms with Gasteiger partial charge in [-0.1, -0.05) is 5.11 Å². The van der Waals surface area contributed by atoms with Crippen molar-refractivity contribution in [1.82, 2.24) is 9.55 Å². The highest BCUT2D eigenvalue weighted by molar-refractivity contribution is 9.10. The number of ether oxygens (including phenoxy) is 3. The number of fused-ring (bicyclic) bond motifs is 1. The van der Waals surface area contributed by atoms with Crippen LogP contribution in [-0.4, -0.2) is 40.2 Å². The topological polar surface area (TPSA) is 131 Å². The van der Waals surface area contributed by atoms with E-state index in [1.54, 1.807) is 13.8 Å². The minimum absolute atomic E-state index is 0.0485.